The summed E-state index contributed by atoms with van der Waals surface area (Å²) in [7, 11) is 0. The van der Waals surface area contributed by atoms with Crippen LogP contribution in [-0.2, 0) is 11.2 Å². The number of thiophene rings is 1. The molecule has 1 aromatic rings. The molecule has 2 nitrogen and oxygen atoms in total. The summed E-state index contributed by atoms with van der Waals surface area (Å²) < 4.78 is 6.66. The minimum atomic E-state index is 0.595. The van der Waals surface area contributed by atoms with Crippen LogP contribution in [0.15, 0.2) is 15.9 Å². The highest BCUT2D eigenvalue weighted by Crippen LogP contribution is 2.24. The summed E-state index contributed by atoms with van der Waals surface area (Å²) in [5, 5.41) is 5.77. The fourth-order valence-corrected chi connectivity index (χ4v) is 3.94. The van der Waals surface area contributed by atoms with Crippen molar-refractivity contribution in [3.63, 3.8) is 0 Å². The summed E-state index contributed by atoms with van der Waals surface area (Å²) in [6.45, 7) is 5.14. The van der Waals surface area contributed by atoms with Crippen molar-refractivity contribution >= 4 is 27.3 Å². The Hall–Kier alpha value is 0.1000. The molecule has 2 atom stereocenters. The van der Waals surface area contributed by atoms with E-state index in [1.807, 2.05) is 11.3 Å². The van der Waals surface area contributed by atoms with Gasteiger partial charge in [-0.25, -0.2) is 0 Å². The fourth-order valence-electron chi connectivity index (χ4n) is 2.40. The van der Waals surface area contributed by atoms with Crippen LogP contribution in [0.3, 0.4) is 0 Å². The normalized spacial score (nSPS) is 21.9. The fraction of sp³-hybridized carbons (Fsp3) is 0.692. The molecular weight excluding hydrogens is 298 g/mol. The van der Waals surface area contributed by atoms with Gasteiger partial charge in [-0.05, 0) is 53.7 Å². The van der Waals surface area contributed by atoms with Crippen molar-refractivity contribution in [3.05, 3.63) is 20.8 Å². The average molecular weight is 318 g/mol. The van der Waals surface area contributed by atoms with Crippen molar-refractivity contribution in [2.24, 2.45) is 5.92 Å². The first-order valence-electron chi connectivity index (χ1n) is 6.32. The van der Waals surface area contributed by atoms with E-state index < -0.39 is 0 Å². The van der Waals surface area contributed by atoms with Crippen molar-refractivity contribution < 1.29 is 4.74 Å². The second kappa shape index (κ2) is 6.88. The van der Waals surface area contributed by atoms with E-state index in [-0.39, 0.29) is 0 Å². The smallest absolute Gasteiger partial charge is 0.0495 e. The Morgan fingerprint density at radius 2 is 2.53 bits per heavy atom. The number of likely N-dealkylation sites (N-methyl/N-ethyl adjacent to an activating group) is 1. The Balaban J connectivity index is 1.87. The molecule has 2 unspecified atom stereocenters. The van der Waals surface area contributed by atoms with E-state index in [9.17, 15) is 0 Å². The molecule has 0 aliphatic carbocycles. The standard InChI is InChI=1S/C13H20BrNOS/c1-2-15-12(5-10-3-4-16-8-10)7-13-6-11(14)9-17-13/h6,9-10,12,15H,2-5,7-8H2,1H3. The highest BCUT2D eigenvalue weighted by Gasteiger charge is 2.20. The van der Waals surface area contributed by atoms with E-state index >= 15 is 0 Å². The van der Waals surface area contributed by atoms with Gasteiger partial charge in [-0.1, -0.05) is 6.92 Å². The lowest BCUT2D eigenvalue weighted by molar-refractivity contribution is 0.181. The second-order valence-corrected chi connectivity index (χ2v) is 6.57. The van der Waals surface area contributed by atoms with Gasteiger partial charge in [-0.2, -0.15) is 0 Å². The van der Waals surface area contributed by atoms with Crippen molar-refractivity contribution in [2.75, 3.05) is 19.8 Å². The number of halogens is 1. The molecule has 0 radical (unpaired) electrons. The van der Waals surface area contributed by atoms with Crippen LogP contribution in [0.2, 0.25) is 0 Å². The molecule has 96 valence electrons. The molecule has 0 bridgehead atoms. The van der Waals surface area contributed by atoms with Gasteiger partial charge in [0.15, 0.2) is 0 Å². The lowest BCUT2D eigenvalue weighted by atomic mass is 9.97. The van der Waals surface area contributed by atoms with Gasteiger partial charge in [0, 0.05) is 34.0 Å². The zero-order valence-electron chi connectivity index (χ0n) is 10.2. The number of rotatable bonds is 6. The predicted molar refractivity (Wildman–Crippen MR) is 76.7 cm³/mol. The molecule has 1 aliphatic rings. The van der Waals surface area contributed by atoms with E-state index in [4.69, 9.17) is 4.74 Å². The third-order valence-corrected chi connectivity index (χ3v) is 4.92. The predicted octanol–water partition coefficient (Wildman–Crippen LogP) is 3.46. The Labute approximate surface area is 116 Å². The third-order valence-electron chi connectivity index (χ3n) is 3.20. The van der Waals surface area contributed by atoms with Crippen molar-refractivity contribution in [1.29, 1.82) is 0 Å². The molecule has 1 aliphatic heterocycles. The maximum Gasteiger partial charge on any atom is 0.0495 e. The average Bonchev–Trinajstić information content (AvgIpc) is 2.91. The summed E-state index contributed by atoms with van der Waals surface area (Å²) in [4.78, 5) is 1.46. The molecule has 1 saturated heterocycles. The second-order valence-electron chi connectivity index (χ2n) is 4.66. The summed E-state index contributed by atoms with van der Waals surface area (Å²) in [5.74, 6) is 0.752. The van der Waals surface area contributed by atoms with Gasteiger partial charge in [0.05, 0.1) is 0 Å². The molecule has 17 heavy (non-hydrogen) atoms. The van der Waals surface area contributed by atoms with E-state index in [1.54, 1.807) is 0 Å². The maximum atomic E-state index is 5.46. The molecule has 0 aromatic carbocycles. The van der Waals surface area contributed by atoms with Crippen LogP contribution in [0.5, 0.6) is 0 Å². The van der Waals surface area contributed by atoms with E-state index in [1.165, 1.54) is 22.2 Å². The third kappa shape index (κ3) is 4.36. The van der Waals surface area contributed by atoms with Gasteiger partial charge in [-0.3, -0.25) is 0 Å². The summed E-state index contributed by atoms with van der Waals surface area (Å²) in [6, 6.07) is 2.83. The highest BCUT2D eigenvalue weighted by molar-refractivity contribution is 9.10. The van der Waals surface area contributed by atoms with Gasteiger partial charge in [0.25, 0.3) is 0 Å². The molecule has 0 saturated carbocycles. The van der Waals surface area contributed by atoms with Gasteiger partial charge in [-0.15, -0.1) is 11.3 Å². The van der Waals surface area contributed by atoms with Crippen molar-refractivity contribution in [1.82, 2.24) is 5.32 Å². The Morgan fingerprint density at radius 1 is 1.65 bits per heavy atom. The first kappa shape index (κ1) is 13.5. The van der Waals surface area contributed by atoms with Crippen LogP contribution < -0.4 is 5.32 Å². The van der Waals surface area contributed by atoms with Gasteiger partial charge < -0.3 is 10.1 Å². The molecule has 4 heteroatoms. The zero-order valence-corrected chi connectivity index (χ0v) is 12.6. The zero-order chi connectivity index (χ0) is 12.1. The first-order valence-corrected chi connectivity index (χ1v) is 7.99. The minimum absolute atomic E-state index is 0.595. The van der Waals surface area contributed by atoms with Crippen LogP contribution in [0.25, 0.3) is 0 Å². The molecule has 2 heterocycles. The van der Waals surface area contributed by atoms with Crippen LogP contribution in [-0.4, -0.2) is 25.8 Å². The lowest BCUT2D eigenvalue weighted by Crippen LogP contribution is -2.33. The summed E-state index contributed by atoms with van der Waals surface area (Å²) in [6.07, 6.45) is 3.61. The SMILES string of the molecule is CCNC(Cc1cc(Br)cs1)CC1CCOC1. The molecule has 0 amide bonds. The molecule has 2 rings (SSSR count). The maximum absolute atomic E-state index is 5.46. The Morgan fingerprint density at radius 3 is 3.12 bits per heavy atom. The lowest BCUT2D eigenvalue weighted by Gasteiger charge is -2.20. The summed E-state index contributed by atoms with van der Waals surface area (Å²) in [5.41, 5.74) is 0. The van der Waals surface area contributed by atoms with Gasteiger partial charge >= 0.3 is 0 Å². The van der Waals surface area contributed by atoms with E-state index in [0.29, 0.717) is 6.04 Å². The topological polar surface area (TPSA) is 21.3 Å². The van der Waals surface area contributed by atoms with Crippen LogP contribution in [0, 0.1) is 5.92 Å². The molecule has 1 N–H and O–H groups in total. The van der Waals surface area contributed by atoms with Crippen molar-refractivity contribution in [3.8, 4) is 0 Å². The van der Waals surface area contributed by atoms with Crippen LogP contribution >= 0.6 is 27.3 Å². The number of nitrogens with one attached hydrogen (secondary N) is 1. The quantitative estimate of drug-likeness (QED) is 0.867. The summed E-state index contributed by atoms with van der Waals surface area (Å²) >= 11 is 5.36. The molecular formula is C13H20BrNOS. The molecule has 1 aromatic heterocycles. The number of hydrogen-bond acceptors (Lipinski definition) is 3. The Kier molecular flexibility index (Phi) is 5.48. The van der Waals surface area contributed by atoms with Gasteiger partial charge in [0.1, 0.15) is 0 Å². The minimum Gasteiger partial charge on any atom is -0.381 e. The highest BCUT2D eigenvalue weighted by atomic mass is 79.9. The van der Waals surface area contributed by atoms with Crippen molar-refractivity contribution in [2.45, 2.75) is 32.2 Å². The first-order chi connectivity index (χ1) is 8.28. The Bertz CT molecular complexity index is 336. The number of hydrogen-bond donors (Lipinski definition) is 1. The van der Waals surface area contributed by atoms with Gasteiger partial charge in [0.2, 0.25) is 0 Å². The van der Waals surface area contributed by atoms with E-state index in [2.05, 4.69) is 39.6 Å². The molecule has 0 spiro atoms. The van der Waals surface area contributed by atoms with E-state index in [0.717, 1.165) is 32.1 Å². The largest absolute Gasteiger partial charge is 0.381 e. The van der Waals surface area contributed by atoms with Crippen LogP contribution in [0.1, 0.15) is 24.6 Å². The monoisotopic (exact) mass is 317 g/mol. The number of ether oxygens (including phenoxy) is 1. The van der Waals surface area contributed by atoms with Crippen LogP contribution in [0.4, 0.5) is 0 Å². The molecule has 1 fully saturated rings.